The first-order chi connectivity index (χ1) is 15.6. The average Bonchev–Trinajstić information content (AvgIpc) is 3.21. The van der Waals surface area contributed by atoms with Gasteiger partial charge in [-0.2, -0.15) is 8.78 Å². The Morgan fingerprint density at radius 2 is 2.17 bits per heavy atom. The van der Waals surface area contributed by atoms with E-state index in [2.05, 4.69) is 16.8 Å². The summed E-state index contributed by atoms with van der Waals surface area (Å²) in [6.07, 6.45) is 0.0598. The van der Waals surface area contributed by atoms with Crippen LogP contribution in [0.15, 0.2) is 30.3 Å². The molecule has 2 atom stereocenters. The molecule has 8 heteroatoms. The van der Waals surface area contributed by atoms with Gasteiger partial charge in [0.15, 0.2) is 5.82 Å². The van der Waals surface area contributed by atoms with E-state index in [1.807, 2.05) is 0 Å². The minimum atomic E-state index is -3.16. The molecule has 2 bridgehead atoms. The molecule has 3 heterocycles. The first-order valence-corrected chi connectivity index (χ1v) is 9.17. The lowest BCUT2D eigenvalue weighted by Gasteiger charge is -2.24. The molecule has 2 aliphatic heterocycles. The third-order valence-corrected chi connectivity index (χ3v) is 5.48. The van der Waals surface area contributed by atoms with Crippen LogP contribution in [-0.4, -0.2) is 33.9 Å². The smallest absolute Gasteiger partial charge is 0.387 e. The number of nitrogens with zero attached hydrogens (tertiary/aromatic N) is 3. The quantitative estimate of drug-likeness (QED) is 0.589. The van der Waals surface area contributed by atoms with Gasteiger partial charge in [0.2, 0.25) is 0 Å². The maximum Gasteiger partial charge on any atom is 0.387 e. The second-order valence-corrected chi connectivity index (χ2v) is 7.08. The van der Waals surface area contributed by atoms with E-state index in [9.17, 15) is 18.0 Å². The van der Waals surface area contributed by atoms with Gasteiger partial charge in [0.1, 0.15) is 17.1 Å². The molecule has 0 aliphatic carbocycles. The minimum absolute atomic E-state index is 0.0185. The molecule has 5 rings (SSSR count). The fourth-order valence-electron chi connectivity index (χ4n) is 4.38. The average molecular weight is 414 g/mol. The molecule has 2 aliphatic rings. The van der Waals surface area contributed by atoms with Gasteiger partial charge in [0.25, 0.3) is 5.91 Å². The molecule has 0 unspecified atom stereocenters. The molecular formula is C22H16F3N3O2. The molecule has 0 fully saturated rings. The molecule has 30 heavy (non-hydrogen) atoms. The number of hydrogen-bond acceptors (Lipinski definition) is 3. The summed E-state index contributed by atoms with van der Waals surface area (Å²) in [7, 11) is 0. The molecule has 0 saturated carbocycles. The Balaban J connectivity index is 1.86. The van der Waals surface area contributed by atoms with E-state index in [1.54, 1.807) is 17.6 Å². The number of amides is 1. The van der Waals surface area contributed by atoms with E-state index >= 15 is 0 Å². The van der Waals surface area contributed by atoms with Crippen molar-refractivity contribution in [3.63, 3.8) is 0 Å². The fourth-order valence-corrected chi connectivity index (χ4v) is 4.38. The van der Waals surface area contributed by atoms with Crippen LogP contribution in [0.1, 0.15) is 56.8 Å². The summed E-state index contributed by atoms with van der Waals surface area (Å²) in [5, 5.41) is 0. The highest BCUT2D eigenvalue weighted by Gasteiger charge is 2.45. The number of alkyl halides is 2. The molecular weight excluding hydrogens is 395 g/mol. The summed E-state index contributed by atoms with van der Waals surface area (Å²) in [5.74, 6) is 3.88. The van der Waals surface area contributed by atoms with Crippen molar-refractivity contribution in [1.82, 2.24) is 14.5 Å². The van der Waals surface area contributed by atoms with Crippen LogP contribution in [0.25, 0.3) is 11.0 Å². The topological polar surface area (TPSA) is 47.4 Å². The number of rotatable bonds is 2. The molecule has 2 aromatic carbocycles. The van der Waals surface area contributed by atoms with Crippen molar-refractivity contribution >= 4 is 16.9 Å². The van der Waals surface area contributed by atoms with Crippen molar-refractivity contribution in [2.45, 2.75) is 32.0 Å². The summed E-state index contributed by atoms with van der Waals surface area (Å²) in [5.41, 5.74) is 0.743. The van der Waals surface area contributed by atoms with Crippen LogP contribution in [0.4, 0.5) is 13.2 Å². The van der Waals surface area contributed by atoms with Crippen LogP contribution < -0.4 is 4.74 Å². The molecule has 5 nitrogen and oxygen atoms in total. The molecule has 152 valence electrons. The predicted octanol–water partition coefficient (Wildman–Crippen LogP) is 4.27. The molecule has 0 spiro atoms. The van der Waals surface area contributed by atoms with Gasteiger partial charge in [-0.25, -0.2) is 9.37 Å². The van der Waals surface area contributed by atoms with Gasteiger partial charge in [0.05, 0.1) is 17.6 Å². The number of carbonyl (C=O) groups excluding carboxylic acids is 1. The van der Waals surface area contributed by atoms with Crippen LogP contribution in [0.2, 0.25) is 0 Å². The van der Waals surface area contributed by atoms with Gasteiger partial charge in [-0.3, -0.25) is 4.79 Å². The normalized spacial score (nSPS) is 21.3. The van der Waals surface area contributed by atoms with Crippen molar-refractivity contribution in [2.24, 2.45) is 0 Å². The van der Waals surface area contributed by atoms with E-state index in [4.69, 9.17) is 8.85 Å². The first-order valence-electron chi connectivity index (χ1n) is 10.7. The SMILES string of the molecule is [2H]C([2H])([2H])N1C(=O)c2cccc(OC(F)F)c2[C@H]2C[C@@H]1c1nc3c(F)cc(C#CC)cc3n12. The Bertz CT molecular complexity index is 1370. The van der Waals surface area contributed by atoms with Crippen molar-refractivity contribution in [1.29, 1.82) is 0 Å². The van der Waals surface area contributed by atoms with Crippen molar-refractivity contribution in [3.05, 3.63) is 58.7 Å². The number of carbonyl (C=O) groups is 1. The summed E-state index contributed by atoms with van der Waals surface area (Å²) >= 11 is 0. The Kier molecular flexibility index (Phi) is 3.34. The van der Waals surface area contributed by atoms with E-state index in [0.29, 0.717) is 16.0 Å². The van der Waals surface area contributed by atoms with Crippen molar-refractivity contribution in [3.8, 4) is 17.6 Å². The van der Waals surface area contributed by atoms with Crippen LogP contribution in [-0.2, 0) is 0 Å². The number of halogens is 3. The maximum atomic E-state index is 14.9. The molecule has 0 radical (unpaired) electrons. The lowest BCUT2D eigenvalue weighted by Crippen LogP contribution is -2.30. The summed E-state index contributed by atoms with van der Waals surface area (Å²) in [4.78, 5) is 18.4. The number of benzene rings is 2. The largest absolute Gasteiger partial charge is 0.434 e. The van der Waals surface area contributed by atoms with Gasteiger partial charge in [-0.1, -0.05) is 12.0 Å². The Morgan fingerprint density at radius 1 is 1.33 bits per heavy atom. The zero-order valence-electron chi connectivity index (χ0n) is 18.6. The van der Waals surface area contributed by atoms with Crippen LogP contribution in [0.5, 0.6) is 5.75 Å². The van der Waals surface area contributed by atoms with Gasteiger partial charge in [-0.15, -0.1) is 5.92 Å². The fraction of sp³-hybridized carbons (Fsp3) is 0.273. The summed E-state index contributed by atoms with van der Waals surface area (Å²) < 4.78 is 71.5. The molecule has 0 N–H and O–H groups in total. The number of ether oxygens (including phenoxy) is 1. The number of aromatic nitrogens is 2. The van der Waals surface area contributed by atoms with Gasteiger partial charge >= 0.3 is 6.61 Å². The monoisotopic (exact) mass is 414 g/mol. The maximum absolute atomic E-state index is 14.9. The highest BCUT2D eigenvalue weighted by atomic mass is 19.3. The Morgan fingerprint density at radius 3 is 2.90 bits per heavy atom. The zero-order chi connectivity index (χ0) is 23.7. The number of imidazole rings is 1. The highest BCUT2D eigenvalue weighted by Crippen LogP contribution is 2.50. The Labute approximate surface area is 174 Å². The standard InChI is InChI=1S/C22H16F3N3O2/c1-3-5-11-8-13(23)19-15(9-11)28-14-10-16(20(28)26-19)27(2)21(29)12-6-4-7-17(18(12)14)30-22(24)25/h4,6-9,14,16,22H,10H2,1-2H3/t14-,16-/m1/s1/i2D3. The lowest BCUT2D eigenvalue weighted by molar-refractivity contribution is -0.0507. The molecule has 1 aromatic heterocycles. The van der Waals surface area contributed by atoms with E-state index in [-0.39, 0.29) is 34.6 Å². The summed E-state index contributed by atoms with van der Waals surface area (Å²) in [6, 6.07) is 5.06. The third-order valence-electron chi connectivity index (χ3n) is 5.48. The van der Waals surface area contributed by atoms with E-state index in [1.165, 1.54) is 24.3 Å². The predicted molar refractivity (Wildman–Crippen MR) is 103 cm³/mol. The van der Waals surface area contributed by atoms with E-state index < -0.39 is 37.4 Å². The van der Waals surface area contributed by atoms with Crippen LogP contribution in [0, 0.1) is 17.7 Å². The molecule has 1 amide bonds. The lowest BCUT2D eigenvalue weighted by atomic mass is 9.97. The van der Waals surface area contributed by atoms with Crippen molar-refractivity contribution in [2.75, 3.05) is 6.98 Å². The Hall–Kier alpha value is -3.47. The first kappa shape index (κ1) is 15.4. The van der Waals surface area contributed by atoms with Crippen LogP contribution in [0.3, 0.4) is 0 Å². The van der Waals surface area contributed by atoms with Gasteiger partial charge in [0, 0.05) is 34.2 Å². The van der Waals surface area contributed by atoms with Gasteiger partial charge < -0.3 is 14.2 Å². The molecule has 0 saturated heterocycles. The molecule has 3 aromatic rings. The second-order valence-electron chi connectivity index (χ2n) is 7.08. The van der Waals surface area contributed by atoms with E-state index in [0.717, 1.165) is 0 Å². The summed E-state index contributed by atoms with van der Waals surface area (Å²) in [6.45, 7) is -4.41. The number of hydrogen-bond donors (Lipinski definition) is 0. The number of fused-ring (bicyclic) bond motifs is 9. The third kappa shape index (κ3) is 2.51. The van der Waals surface area contributed by atoms with Crippen LogP contribution >= 0.6 is 0 Å². The second kappa shape index (κ2) is 6.52. The minimum Gasteiger partial charge on any atom is -0.434 e. The van der Waals surface area contributed by atoms with Gasteiger partial charge in [-0.05, 0) is 31.2 Å². The zero-order valence-corrected chi connectivity index (χ0v) is 15.6. The van der Waals surface area contributed by atoms with Crippen molar-refractivity contribution < 1.29 is 26.8 Å². The highest BCUT2D eigenvalue weighted by molar-refractivity contribution is 5.97.